The molecular weight excluding hydrogens is 215 g/mol. The molecule has 1 fully saturated rings. The first-order valence-electron chi connectivity index (χ1n) is 4.79. The summed E-state index contributed by atoms with van der Waals surface area (Å²) in [7, 11) is 0. The van der Waals surface area contributed by atoms with E-state index in [0.29, 0.717) is 15.0 Å². The van der Waals surface area contributed by atoms with Crippen molar-refractivity contribution in [2.75, 3.05) is 0 Å². The van der Waals surface area contributed by atoms with Crippen molar-refractivity contribution < 1.29 is 5.11 Å². The summed E-state index contributed by atoms with van der Waals surface area (Å²) in [5.74, 6) is 2.24. The fourth-order valence-electron chi connectivity index (χ4n) is 1.93. The van der Waals surface area contributed by atoms with Crippen LogP contribution in [0, 0.1) is 0 Å². The molecule has 0 spiro atoms. The van der Waals surface area contributed by atoms with Gasteiger partial charge in [-0.2, -0.15) is 0 Å². The van der Waals surface area contributed by atoms with Gasteiger partial charge in [-0.25, -0.2) is 0 Å². The van der Waals surface area contributed by atoms with Crippen molar-refractivity contribution in [3.05, 3.63) is 0 Å². The molecule has 0 bridgehead atoms. The fourth-order valence-corrected chi connectivity index (χ4v) is 3.15. The molecule has 1 aliphatic rings. The first-order valence-corrected chi connectivity index (χ1v) is 7.36. The molecule has 72 valence electrons. The number of hydrogen-bond acceptors (Lipinski definition) is 1. The fraction of sp³-hybridized carbons (Fsp3) is 1.00. The molecule has 1 rings (SSSR count). The molecule has 0 aromatic heterocycles. The summed E-state index contributed by atoms with van der Waals surface area (Å²) in [4.78, 5) is 0. The van der Waals surface area contributed by atoms with Gasteiger partial charge >= 0.3 is 81.8 Å². The van der Waals surface area contributed by atoms with Crippen LogP contribution in [-0.4, -0.2) is 25.7 Å². The molecule has 1 N–H and O–H groups in total. The molecule has 1 nitrogen and oxygen atoms in total. The van der Waals surface area contributed by atoms with E-state index in [1.54, 1.807) is 0 Å². The molecule has 0 aromatic carbocycles. The van der Waals surface area contributed by atoms with E-state index in [1.807, 2.05) is 0 Å². The van der Waals surface area contributed by atoms with Crippen molar-refractivity contribution in [3.63, 3.8) is 0 Å². The Labute approximate surface area is 82.1 Å². The first kappa shape index (κ1) is 10.6. The Morgan fingerprint density at radius 3 is 2.08 bits per heavy atom. The standard InChI is InChI=1S/C10H20OSe/c1-9(2,12-3)10(11)7-5-4-6-8-10/h11H,4-8H2,1-3H3. The third-order valence-corrected chi connectivity index (χ3v) is 6.25. The summed E-state index contributed by atoms with van der Waals surface area (Å²) in [6.07, 6.45) is 5.80. The molecule has 1 saturated carbocycles. The van der Waals surface area contributed by atoms with E-state index in [0.717, 1.165) is 12.8 Å². The van der Waals surface area contributed by atoms with Crippen LogP contribution in [0.5, 0.6) is 0 Å². The number of rotatable bonds is 2. The van der Waals surface area contributed by atoms with Crippen molar-refractivity contribution >= 4 is 15.0 Å². The van der Waals surface area contributed by atoms with Gasteiger partial charge in [0.1, 0.15) is 0 Å². The predicted molar refractivity (Wildman–Crippen MR) is 53.7 cm³/mol. The van der Waals surface area contributed by atoms with E-state index < -0.39 is 0 Å². The normalized spacial score (nSPS) is 24.0. The van der Waals surface area contributed by atoms with Crippen LogP contribution in [0.25, 0.3) is 0 Å². The molecule has 0 unspecified atom stereocenters. The quantitative estimate of drug-likeness (QED) is 0.729. The van der Waals surface area contributed by atoms with Crippen molar-refractivity contribution in [1.29, 1.82) is 0 Å². The molecule has 0 heterocycles. The van der Waals surface area contributed by atoms with E-state index in [-0.39, 0.29) is 9.91 Å². The van der Waals surface area contributed by atoms with Crippen LogP contribution >= 0.6 is 0 Å². The molecule has 0 saturated heterocycles. The zero-order valence-corrected chi connectivity index (χ0v) is 10.1. The summed E-state index contributed by atoms with van der Waals surface area (Å²) in [5, 5.41) is 10.4. The monoisotopic (exact) mass is 236 g/mol. The second kappa shape index (κ2) is 3.69. The Balaban J connectivity index is 2.68. The molecule has 0 amide bonds. The van der Waals surface area contributed by atoms with E-state index >= 15 is 0 Å². The predicted octanol–water partition coefficient (Wildman–Crippen LogP) is 2.63. The number of hydrogen-bond donors (Lipinski definition) is 1. The summed E-state index contributed by atoms with van der Waals surface area (Å²) in [6, 6.07) is 0. The number of aliphatic hydroxyl groups is 1. The van der Waals surface area contributed by atoms with Gasteiger partial charge in [-0.05, 0) is 0 Å². The molecule has 0 radical (unpaired) electrons. The molecule has 1 aliphatic carbocycles. The second-order valence-corrected chi connectivity index (χ2v) is 7.30. The van der Waals surface area contributed by atoms with Crippen molar-refractivity contribution in [3.8, 4) is 0 Å². The van der Waals surface area contributed by atoms with E-state index in [9.17, 15) is 5.11 Å². The molecule has 0 aromatic rings. The van der Waals surface area contributed by atoms with Gasteiger partial charge in [0.05, 0.1) is 0 Å². The van der Waals surface area contributed by atoms with Gasteiger partial charge in [0, 0.05) is 0 Å². The molecule has 12 heavy (non-hydrogen) atoms. The third kappa shape index (κ3) is 1.86. The Morgan fingerprint density at radius 1 is 1.17 bits per heavy atom. The van der Waals surface area contributed by atoms with E-state index in [1.165, 1.54) is 19.3 Å². The second-order valence-electron chi connectivity index (χ2n) is 4.31. The zero-order valence-electron chi connectivity index (χ0n) is 8.39. The van der Waals surface area contributed by atoms with Gasteiger partial charge in [0.2, 0.25) is 0 Å². The van der Waals surface area contributed by atoms with Crippen LogP contribution in [0.4, 0.5) is 0 Å². The molecule has 0 atom stereocenters. The van der Waals surface area contributed by atoms with E-state index in [4.69, 9.17) is 0 Å². The maximum absolute atomic E-state index is 10.4. The maximum atomic E-state index is 10.4. The van der Waals surface area contributed by atoms with Crippen molar-refractivity contribution in [1.82, 2.24) is 0 Å². The van der Waals surface area contributed by atoms with Crippen LogP contribution in [0.2, 0.25) is 10.1 Å². The van der Waals surface area contributed by atoms with Gasteiger partial charge in [0.15, 0.2) is 0 Å². The summed E-state index contributed by atoms with van der Waals surface area (Å²) in [5.41, 5.74) is -0.347. The Hall–Kier alpha value is 0.479. The van der Waals surface area contributed by atoms with Gasteiger partial charge < -0.3 is 0 Å². The van der Waals surface area contributed by atoms with Gasteiger partial charge in [-0.3, -0.25) is 0 Å². The topological polar surface area (TPSA) is 20.2 Å². The van der Waals surface area contributed by atoms with Crippen LogP contribution in [0.3, 0.4) is 0 Å². The summed E-state index contributed by atoms with van der Waals surface area (Å²) in [6.45, 7) is 4.44. The van der Waals surface area contributed by atoms with Crippen LogP contribution in [-0.2, 0) is 0 Å². The minimum absolute atomic E-state index is 0.167. The van der Waals surface area contributed by atoms with Crippen LogP contribution in [0.1, 0.15) is 46.0 Å². The SMILES string of the molecule is C[Se]C(C)(C)C1(O)CCCCC1. The molecular formula is C10H20OSe. The van der Waals surface area contributed by atoms with Crippen molar-refractivity contribution in [2.45, 2.75) is 61.7 Å². The molecule has 0 aliphatic heterocycles. The average Bonchev–Trinajstić information content (AvgIpc) is 2.06. The third-order valence-electron chi connectivity index (χ3n) is 3.31. The Kier molecular flexibility index (Phi) is 3.25. The average molecular weight is 235 g/mol. The summed E-state index contributed by atoms with van der Waals surface area (Å²) < 4.78 is 0.167. The van der Waals surface area contributed by atoms with Gasteiger partial charge in [-0.15, -0.1) is 0 Å². The minimum atomic E-state index is -0.347. The van der Waals surface area contributed by atoms with Crippen LogP contribution in [0.15, 0.2) is 0 Å². The van der Waals surface area contributed by atoms with Gasteiger partial charge in [-0.1, -0.05) is 0 Å². The Morgan fingerprint density at radius 2 is 1.67 bits per heavy atom. The van der Waals surface area contributed by atoms with E-state index in [2.05, 4.69) is 19.7 Å². The molecule has 2 heteroatoms. The summed E-state index contributed by atoms with van der Waals surface area (Å²) >= 11 is 0.541. The Bertz CT molecular complexity index is 148. The van der Waals surface area contributed by atoms with Crippen LogP contribution < -0.4 is 0 Å². The van der Waals surface area contributed by atoms with Gasteiger partial charge in [0.25, 0.3) is 0 Å². The first-order chi connectivity index (χ1) is 5.52. The zero-order chi connectivity index (χ0) is 9.24. The van der Waals surface area contributed by atoms with Crippen molar-refractivity contribution in [2.24, 2.45) is 0 Å².